The molecule has 6 nitrogen and oxygen atoms in total. The Balaban J connectivity index is 1.72. The Hall–Kier alpha value is -1.82. The highest BCUT2D eigenvalue weighted by molar-refractivity contribution is 6.29. The highest BCUT2D eigenvalue weighted by Gasteiger charge is 2.28. The molecule has 0 saturated heterocycles. The molecule has 1 fully saturated rings. The molecule has 1 N–H and O–H groups in total. The van der Waals surface area contributed by atoms with Gasteiger partial charge < -0.3 is 14.7 Å². The number of halogens is 1. The second-order valence-electron chi connectivity index (χ2n) is 6.01. The average molecular weight is 354 g/mol. The van der Waals surface area contributed by atoms with Gasteiger partial charge in [0.05, 0.1) is 12.1 Å². The van der Waals surface area contributed by atoms with Crippen LogP contribution in [0.5, 0.6) is 0 Å². The highest BCUT2D eigenvalue weighted by Crippen LogP contribution is 2.40. The Labute approximate surface area is 147 Å². The summed E-state index contributed by atoms with van der Waals surface area (Å²) in [5, 5.41) is 7.22. The van der Waals surface area contributed by atoms with E-state index in [-0.39, 0.29) is 18.2 Å². The summed E-state index contributed by atoms with van der Waals surface area (Å²) in [6, 6.07) is 1.88. The second kappa shape index (κ2) is 8.87. The average Bonchev–Trinajstić information content (AvgIpc) is 3.29. The minimum absolute atomic E-state index is 0.0171. The molecule has 0 aliphatic heterocycles. The van der Waals surface area contributed by atoms with Crippen molar-refractivity contribution in [2.75, 3.05) is 19.6 Å². The van der Waals surface area contributed by atoms with Gasteiger partial charge in [0.1, 0.15) is 5.76 Å². The van der Waals surface area contributed by atoms with E-state index < -0.39 is 0 Å². The van der Waals surface area contributed by atoms with Crippen LogP contribution < -0.4 is 5.32 Å². The van der Waals surface area contributed by atoms with Crippen molar-refractivity contribution in [1.82, 2.24) is 15.4 Å². The van der Waals surface area contributed by atoms with E-state index in [1.165, 1.54) is 0 Å². The molecule has 0 bridgehead atoms. The van der Waals surface area contributed by atoms with Crippen molar-refractivity contribution in [2.24, 2.45) is 0 Å². The molecule has 1 aliphatic rings. The van der Waals surface area contributed by atoms with E-state index >= 15 is 0 Å². The van der Waals surface area contributed by atoms with E-state index in [1.807, 2.05) is 13.0 Å². The van der Waals surface area contributed by atoms with Crippen molar-refractivity contribution in [3.05, 3.63) is 29.1 Å². The minimum atomic E-state index is -0.0918. The summed E-state index contributed by atoms with van der Waals surface area (Å²) < 4.78 is 5.27. The molecular weight excluding hydrogens is 330 g/mol. The Bertz CT molecular complexity index is 596. The van der Waals surface area contributed by atoms with Crippen LogP contribution in [-0.4, -0.2) is 41.5 Å². The van der Waals surface area contributed by atoms with Crippen molar-refractivity contribution < 1.29 is 14.1 Å². The van der Waals surface area contributed by atoms with Crippen molar-refractivity contribution >= 4 is 23.4 Å². The van der Waals surface area contributed by atoms with Gasteiger partial charge in [-0.2, -0.15) is 0 Å². The van der Waals surface area contributed by atoms with Crippen LogP contribution in [0.4, 0.5) is 0 Å². The zero-order chi connectivity index (χ0) is 17.5. The normalized spacial score (nSPS) is 13.6. The lowest BCUT2D eigenvalue weighted by Crippen LogP contribution is -2.39. The summed E-state index contributed by atoms with van der Waals surface area (Å²) in [5.41, 5.74) is 0.671. The fraction of sp³-hybridized carbons (Fsp3) is 0.588. The van der Waals surface area contributed by atoms with Gasteiger partial charge in [-0.3, -0.25) is 9.59 Å². The molecule has 1 aromatic heterocycles. The zero-order valence-electron chi connectivity index (χ0n) is 14.0. The number of carbonyl (C=O) groups is 2. The number of hydrogen-bond acceptors (Lipinski definition) is 4. The van der Waals surface area contributed by atoms with E-state index in [0.29, 0.717) is 49.1 Å². The number of likely N-dealkylation sites (N-methyl/N-ethyl adjacent to an activating group) is 1. The lowest BCUT2D eigenvalue weighted by atomic mass is 10.2. The molecule has 24 heavy (non-hydrogen) atoms. The van der Waals surface area contributed by atoms with Crippen LogP contribution >= 0.6 is 11.6 Å². The number of nitrogens with zero attached hydrogens (tertiary/aromatic N) is 2. The first-order chi connectivity index (χ1) is 11.5. The summed E-state index contributed by atoms with van der Waals surface area (Å²) in [4.78, 5) is 25.6. The molecular formula is C17H24ClN3O3. The van der Waals surface area contributed by atoms with Crippen molar-refractivity contribution in [3.63, 3.8) is 0 Å². The van der Waals surface area contributed by atoms with Gasteiger partial charge in [0.25, 0.3) is 0 Å². The van der Waals surface area contributed by atoms with Gasteiger partial charge in [-0.25, -0.2) is 0 Å². The summed E-state index contributed by atoms with van der Waals surface area (Å²) in [6.07, 6.45) is 3.27. The number of rotatable bonds is 10. The molecule has 1 aliphatic carbocycles. The third kappa shape index (κ3) is 6.00. The summed E-state index contributed by atoms with van der Waals surface area (Å²) in [7, 11) is 0. The Morgan fingerprint density at radius 2 is 2.21 bits per heavy atom. The van der Waals surface area contributed by atoms with Crippen LogP contribution in [-0.2, 0) is 16.0 Å². The van der Waals surface area contributed by atoms with Crippen LogP contribution in [0, 0.1) is 0 Å². The largest absolute Gasteiger partial charge is 0.361 e. The zero-order valence-corrected chi connectivity index (χ0v) is 14.8. The first-order valence-corrected chi connectivity index (χ1v) is 8.70. The smallest absolute Gasteiger partial charge is 0.228 e. The number of hydrogen-bond donors (Lipinski definition) is 1. The van der Waals surface area contributed by atoms with Gasteiger partial charge >= 0.3 is 0 Å². The summed E-state index contributed by atoms with van der Waals surface area (Å²) in [5.74, 6) is 1.26. The number of aromatic nitrogens is 1. The lowest BCUT2D eigenvalue weighted by Gasteiger charge is -2.20. The Kier molecular flexibility index (Phi) is 6.85. The molecule has 0 atom stereocenters. The van der Waals surface area contributed by atoms with E-state index in [0.717, 1.165) is 18.6 Å². The molecule has 1 aromatic rings. The predicted octanol–water partition coefficient (Wildman–Crippen LogP) is 2.59. The van der Waals surface area contributed by atoms with E-state index in [1.54, 1.807) is 4.90 Å². The van der Waals surface area contributed by atoms with Crippen molar-refractivity contribution in [1.29, 1.82) is 0 Å². The summed E-state index contributed by atoms with van der Waals surface area (Å²) in [6.45, 7) is 6.93. The van der Waals surface area contributed by atoms with E-state index in [9.17, 15) is 9.59 Å². The maximum Gasteiger partial charge on any atom is 0.228 e. The van der Waals surface area contributed by atoms with Gasteiger partial charge in [-0.15, -0.1) is 0 Å². The fourth-order valence-corrected chi connectivity index (χ4v) is 2.46. The quantitative estimate of drug-likeness (QED) is 0.701. The van der Waals surface area contributed by atoms with Crippen LogP contribution in [0.25, 0.3) is 0 Å². The van der Waals surface area contributed by atoms with Crippen molar-refractivity contribution in [2.45, 2.75) is 44.9 Å². The van der Waals surface area contributed by atoms with Gasteiger partial charge in [-0.05, 0) is 26.2 Å². The number of nitrogens with one attached hydrogen (secondary N) is 1. The molecule has 7 heteroatoms. The van der Waals surface area contributed by atoms with Gasteiger partial charge in [0, 0.05) is 43.1 Å². The lowest BCUT2D eigenvalue weighted by molar-refractivity contribution is -0.131. The molecule has 132 valence electrons. The molecule has 1 heterocycles. The first kappa shape index (κ1) is 18.5. The highest BCUT2D eigenvalue weighted by atomic mass is 35.5. The maximum absolute atomic E-state index is 12.3. The number of allylic oxidation sites excluding steroid dienone is 1. The van der Waals surface area contributed by atoms with Crippen LogP contribution in [0.2, 0.25) is 0 Å². The fourth-order valence-electron chi connectivity index (χ4n) is 2.37. The van der Waals surface area contributed by atoms with E-state index in [2.05, 4.69) is 17.1 Å². The molecule has 1 saturated carbocycles. The molecule has 2 amide bonds. The summed E-state index contributed by atoms with van der Waals surface area (Å²) >= 11 is 5.63. The van der Waals surface area contributed by atoms with Gasteiger partial charge in [0.15, 0.2) is 0 Å². The second-order valence-corrected chi connectivity index (χ2v) is 6.55. The topological polar surface area (TPSA) is 75.4 Å². The monoisotopic (exact) mass is 353 g/mol. The van der Waals surface area contributed by atoms with E-state index in [4.69, 9.17) is 16.1 Å². The van der Waals surface area contributed by atoms with Crippen LogP contribution in [0.15, 0.2) is 22.2 Å². The SMILES string of the molecule is C=C(Cl)CCC(=O)NCCN(CC)C(=O)Cc1cc(C2CC2)on1. The standard InChI is InChI=1S/C17H24ClN3O3/c1-3-21(9-8-19-16(22)7-4-12(2)18)17(23)11-14-10-15(24-20-14)13-5-6-13/h10,13H,2-9,11H2,1H3,(H,19,22). The van der Waals surface area contributed by atoms with Gasteiger partial charge in [0.2, 0.25) is 11.8 Å². The Morgan fingerprint density at radius 1 is 1.46 bits per heavy atom. The van der Waals surface area contributed by atoms with Crippen LogP contribution in [0.3, 0.4) is 0 Å². The maximum atomic E-state index is 12.3. The minimum Gasteiger partial charge on any atom is -0.361 e. The molecule has 0 spiro atoms. The predicted molar refractivity (Wildman–Crippen MR) is 91.7 cm³/mol. The number of carbonyl (C=O) groups excluding carboxylic acids is 2. The molecule has 2 rings (SSSR count). The first-order valence-electron chi connectivity index (χ1n) is 8.32. The third-order valence-corrected chi connectivity index (χ3v) is 4.14. The van der Waals surface area contributed by atoms with Crippen LogP contribution in [0.1, 0.15) is 50.0 Å². The molecule has 0 radical (unpaired) electrons. The molecule has 0 unspecified atom stereocenters. The third-order valence-electron chi connectivity index (χ3n) is 3.95. The number of amides is 2. The Morgan fingerprint density at radius 3 is 2.83 bits per heavy atom. The van der Waals surface area contributed by atoms with Crippen molar-refractivity contribution in [3.8, 4) is 0 Å². The van der Waals surface area contributed by atoms with Gasteiger partial charge in [-0.1, -0.05) is 23.3 Å². The molecule has 0 aromatic carbocycles.